The van der Waals surface area contributed by atoms with Crippen molar-refractivity contribution in [2.45, 2.75) is 52.5 Å². The van der Waals surface area contributed by atoms with E-state index in [0.29, 0.717) is 0 Å². The molecule has 1 aliphatic heterocycles. The zero-order valence-electron chi connectivity index (χ0n) is 15.8. The second-order valence-electron chi connectivity index (χ2n) is 7.17. The van der Waals surface area contributed by atoms with Crippen molar-refractivity contribution in [1.29, 1.82) is 0 Å². The Bertz CT molecular complexity index is 825. The minimum atomic E-state index is -0.491. The fourth-order valence-electron chi connectivity index (χ4n) is 3.73. The van der Waals surface area contributed by atoms with Crippen molar-refractivity contribution in [2.24, 2.45) is 0 Å². The maximum Gasteiger partial charge on any atom is 0.244 e. The monoisotopic (exact) mass is 353 g/mol. The van der Waals surface area contributed by atoms with Crippen molar-refractivity contribution < 1.29 is 9.59 Å². The first kappa shape index (κ1) is 18.4. The van der Waals surface area contributed by atoms with Gasteiger partial charge in [0.25, 0.3) is 0 Å². The Labute approximate surface area is 154 Å². The quantitative estimate of drug-likeness (QED) is 0.919. The zero-order valence-corrected chi connectivity index (χ0v) is 15.8. The number of fused-ring (bicyclic) bond motifs is 1. The molecule has 138 valence electrons. The van der Waals surface area contributed by atoms with Gasteiger partial charge in [-0.3, -0.25) is 14.6 Å². The zero-order chi connectivity index (χ0) is 18.7. The van der Waals surface area contributed by atoms with Gasteiger partial charge in [0, 0.05) is 24.2 Å². The largest absolute Gasteiger partial charge is 0.344 e. The molecule has 0 radical (unpaired) electrons. The lowest BCUT2D eigenvalue weighted by Gasteiger charge is -2.29. The van der Waals surface area contributed by atoms with Crippen molar-refractivity contribution in [3.8, 4) is 0 Å². The number of benzene rings is 1. The third-order valence-electron chi connectivity index (χ3n) is 5.24. The van der Waals surface area contributed by atoms with E-state index in [1.54, 1.807) is 6.92 Å². The summed E-state index contributed by atoms with van der Waals surface area (Å²) in [6.07, 6.45) is 3.52. The number of aromatic nitrogens is 1. The maximum absolute atomic E-state index is 12.5. The van der Waals surface area contributed by atoms with Crippen LogP contribution in [0.25, 0.3) is 10.9 Å². The molecule has 1 aliphatic rings. The first-order valence-corrected chi connectivity index (χ1v) is 9.40. The van der Waals surface area contributed by atoms with Crippen LogP contribution in [0.2, 0.25) is 0 Å². The molecule has 1 saturated heterocycles. The van der Waals surface area contributed by atoms with E-state index < -0.39 is 6.04 Å². The van der Waals surface area contributed by atoms with Gasteiger partial charge in [-0.05, 0) is 57.2 Å². The van der Waals surface area contributed by atoms with Gasteiger partial charge in [-0.15, -0.1) is 0 Å². The van der Waals surface area contributed by atoms with E-state index in [4.69, 9.17) is 0 Å². The molecule has 3 rings (SSSR count). The number of nitrogens with one attached hydrogen (secondary N) is 1. The molecule has 1 aromatic heterocycles. The van der Waals surface area contributed by atoms with E-state index in [9.17, 15) is 9.59 Å². The molecular formula is C21H27N3O2. The summed E-state index contributed by atoms with van der Waals surface area (Å²) in [4.78, 5) is 31.5. The van der Waals surface area contributed by atoms with Gasteiger partial charge < -0.3 is 10.2 Å². The number of hydrogen-bond donors (Lipinski definition) is 1. The van der Waals surface area contributed by atoms with Crippen molar-refractivity contribution in [3.63, 3.8) is 0 Å². The Balaban J connectivity index is 1.70. The SMILES string of the molecule is Cc1nc2ccccc2c(C)c1CC(=O)NC(C)C(=O)N1CCCCC1. The number of rotatable bonds is 4. The molecule has 0 aliphatic carbocycles. The fraction of sp³-hybridized carbons (Fsp3) is 0.476. The number of nitrogens with zero attached hydrogens (tertiary/aromatic N) is 2. The summed E-state index contributed by atoms with van der Waals surface area (Å²) in [5.74, 6) is -0.116. The van der Waals surface area contributed by atoms with Gasteiger partial charge in [-0.2, -0.15) is 0 Å². The lowest BCUT2D eigenvalue weighted by Crippen LogP contribution is -2.48. The van der Waals surface area contributed by atoms with Gasteiger partial charge in [0.05, 0.1) is 11.9 Å². The lowest BCUT2D eigenvalue weighted by atomic mass is 9.99. The van der Waals surface area contributed by atoms with Crippen molar-refractivity contribution in [1.82, 2.24) is 15.2 Å². The summed E-state index contributed by atoms with van der Waals surface area (Å²) in [6.45, 7) is 7.33. The maximum atomic E-state index is 12.5. The summed E-state index contributed by atoms with van der Waals surface area (Å²) in [6, 6.07) is 7.47. The number of pyridine rings is 1. The minimum absolute atomic E-state index is 0.0168. The van der Waals surface area contributed by atoms with Crippen molar-refractivity contribution in [3.05, 3.63) is 41.1 Å². The van der Waals surface area contributed by atoms with E-state index in [2.05, 4.69) is 10.3 Å². The van der Waals surface area contributed by atoms with Crippen LogP contribution in [0.5, 0.6) is 0 Å². The molecule has 1 aromatic carbocycles. The molecule has 2 aromatic rings. The van der Waals surface area contributed by atoms with Crippen molar-refractivity contribution in [2.75, 3.05) is 13.1 Å². The number of para-hydroxylation sites is 1. The van der Waals surface area contributed by atoms with Crippen LogP contribution in [-0.2, 0) is 16.0 Å². The number of carbonyl (C=O) groups excluding carboxylic acids is 2. The second kappa shape index (κ2) is 7.85. The molecule has 5 nitrogen and oxygen atoms in total. The lowest BCUT2D eigenvalue weighted by molar-refractivity contribution is -0.136. The highest BCUT2D eigenvalue weighted by atomic mass is 16.2. The normalized spacial score (nSPS) is 15.7. The van der Waals surface area contributed by atoms with Crippen LogP contribution in [0.15, 0.2) is 24.3 Å². The molecule has 2 heterocycles. The van der Waals surface area contributed by atoms with E-state index >= 15 is 0 Å². The minimum Gasteiger partial charge on any atom is -0.344 e. The van der Waals surface area contributed by atoms with Gasteiger partial charge >= 0.3 is 0 Å². The molecule has 1 atom stereocenters. The highest BCUT2D eigenvalue weighted by Crippen LogP contribution is 2.23. The Hall–Kier alpha value is -2.43. The van der Waals surface area contributed by atoms with Gasteiger partial charge in [-0.1, -0.05) is 18.2 Å². The molecule has 1 N–H and O–H groups in total. The van der Waals surface area contributed by atoms with Gasteiger partial charge in [0.2, 0.25) is 11.8 Å². The van der Waals surface area contributed by atoms with E-state index in [1.807, 2.05) is 43.0 Å². The molecule has 1 unspecified atom stereocenters. The van der Waals surface area contributed by atoms with Crippen LogP contribution in [0.1, 0.15) is 43.0 Å². The molecule has 0 bridgehead atoms. The van der Waals surface area contributed by atoms with Gasteiger partial charge in [-0.25, -0.2) is 0 Å². The van der Waals surface area contributed by atoms with Crippen LogP contribution >= 0.6 is 0 Å². The summed E-state index contributed by atoms with van der Waals surface area (Å²) in [5.41, 5.74) is 3.84. The Morgan fingerprint density at radius 1 is 1.15 bits per heavy atom. The van der Waals surface area contributed by atoms with Crippen LogP contribution in [0, 0.1) is 13.8 Å². The number of hydrogen-bond acceptors (Lipinski definition) is 3. The van der Waals surface area contributed by atoms with E-state index in [-0.39, 0.29) is 18.2 Å². The smallest absolute Gasteiger partial charge is 0.244 e. The van der Waals surface area contributed by atoms with Crippen LogP contribution in [0.3, 0.4) is 0 Å². The van der Waals surface area contributed by atoms with Gasteiger partial charge in [0.1, 0.15) is 6.04 Å². The highest BCUT2D eigenvalue weighted by molar-refractivity contribution is 5.90. The summed E-state index contributed by atoms with van der Waals surface area (Å²) >= 11 is 0. The standard InChI is InChI=1S/C21H27N3O2/c1-14-17-9-5-6-10-19(17)22-15(2)18(14)13-20(25)23-16(3)21(26)24-11-7-4-8-12-24/h5-6,9-10,16H,4,7-8,11-13H2,1-3H3,(H,23,25). The molecule has 26 heavy (non-hydrogen) atoms. The second-order valence-corrected chi connectivity index (χ2v) is 7.17. The Kier molecular flexibility index (Phi) is 5.55. The van der Waals surface area contributed by atoms with E-state index in [0.717, 1.165) is 53.7 Å². The summed E-state index contributed by atoms with van der Waals surface area (Å²) < 4.78 is 0. The third kappa shape index (κ3) is 3.87. The summed E-state index contributed by atoms with van der Waals surface area (Å²) in [5, 5.41) is 3.94. The van der Waals surface area contributed by atoms with E-state index in [1.165, 1.54) is 6.42 Å². The van der Waals surface area contributed by atoms with Gasteiger partial charge in [0.15, 0.2) is 0 Å². The topological polar surface area (TPSA) is 62.3 Å². The van der Waals surface area contributed by atoms with Crippen LogP contribution in [0.4, 0.5) is 0 Å². The number of aryl methyl sites for hydroxylation is 2. The molecule has 0 spiro atoms. The molecular weight excluding hydrogens is 326 g/mol. The highest BCUT2D eigenvalue weighted by Gasteiger charge is 2.24. The molecule has 5 heteroatoms. The van der Waals surface area contributed by atoms with Crippen molar-refractivity contribution >= 4 is 22.7 Å². The first-order valence-electron chi connectivity index (χ1n) is 9.40. The Morgan fingerprint density at radius 2 is 1.85 bits per heavy atom. The molecule has 1 fully saturated rings. The predicted molar refractivity (Wildman–Crippen MR) is 103 cm³/mol. The third-order valence-corrected chi connectivity index (χ3v) is 5.24. The number of carbonyl (C=O) groups is 2. The molecule has 2 amide bonds. The first-order chi connectivity index (χ1) is 12.5. The average molecular weight is 353 g/mol. The Morgan fingerprint density at radius 3 is 2.58 bits per heavy atom. The summed E-state index contributed by atoms with van der Waals surface area (Å²) in [7, 11) is 0. The predicted octanol–water partition coefficient (Wildman–Crippen LogP) is 2.91. The average Bonchev–Trinajstić information content (AvgIpc) is 2.65. The number of likely N-dealkylation sites (tertiary alicyclic amines) is 1. The fourth-order valence-corrected chi connectivity index (χ4v) is 3.73. The molecule has 0 saturated carbocycles. The van der Waals surface area contributed by atoms with Crippen LogP contribution < -0.4 is 5.32 Å². The van der Waals surface area contributed by atoms with Crippen LogP contribution in [-0.4, -0.2) is 40.8 Å². The number of piperidine rings is 1. The number of amides is 2.